The van der Waals surface area contributed by atoms with Crippen molar-refractivity contribution in [1.29, 1.82) is 0 Å². The second kappa shape index (κ2) is 9.23. The van der Waals surface area contributed by atoms with Crippen LogP contribution in [0.1, 0.15) is 27.0 Å². The molecular formula is C20H23ClN4O3. The Morgan fingerprint density at radius 2 is 1.61 bits per heavy atom. The van der Waals surface area contributed by atoms with Gasteiger partial charge in [-0.05, 0) is 50.1 Å². The Morgan fingerprint density at radius 1 is 0.964 bits per heavy atom. The first-order chi connectivity index (χ1) is 13.2. The predicted octanol–water partition coefficient (Wildman–Crippen LogP) is 2.53. The molecule has 0 radical (unpaired) electrons. The average Bonchev–Trinajstić information content (AvgIpc) is 2.61. The molecule has 5 N–H and O–H groups in total. The molecule has 0 spiro atoms. The summed E-state index contributed by atoms with van der Waals surface area (Å²) in [5.74, 6) is -1.29. The largest absolute Gasteiger partial charge is 0.376 e. The van der Waals surface area contributed by atoms with Crippen LogP contribution >= 0.6 is 11.6 Å². The summed E-state index contributed by atoms with van der Waals surface area (Å²) in [7, 11) is 0. The maximum atomic E-state index is 12.1. The van der Waals surface area contributed by atoms with Gasteiger partial charge in [0.25, 0.3) is 0 Å². The number of nitrogens with one attached hydrogen (secondary N) is 3. The van der Waals surface area contributed by atoms with Crippen molar-refractivity contribution in [2.75, 3.05) is 23.7 Å². The molecule has 0 bridgehead atoms. The molecule has 2 aromatic carbocycles. The highest BCUT2D eigenvalue weighted by atomic mass is 35.5. The number of anilines is 2. The zero-order chi connectivity index (χ0) is 20.8. The average molecular weight is 403 g/mol. The molecule has 0 aliphatic carbocycles. The first-order valence-corrected chi connectivity index (χ1v) is 9.02. The molecular weight excluding hydrogens is 380 g/mol. The number of hydrogen-bond acceptors (Lipinski definition) is 4. The zero-order valence-electron chi connectivity index (χ0n) is 16.0. The lowest BCUT2D eigenvalue weighted by molar-refractivity contribution is -0.122. The molecule has 148 valence electrons. The van der Waals surface area contributed by atoms with Crippen LogP contribution < -0.4 is 21.7 Å². The Bertz CT molecular complexity index is 905. The van der Waals surface area contributed by atoms with Crippen molar-refractivity contribution in [3.05, 3.63) is 57.6 Å². The van der Waals surface area contributed by atoms with Crippen molar-refractivity contribution >= 4 is 40.7 Å². The lowest BCUT2D eigenvalue weighted by atomic mass is 10.1. The quantitative estimate of drug-likeness (QED) is 0.569. The third kappa shape index (κ3) is 5.72. The minimum Gasteiger partial charge on any atom is -0.376 e. The van der Waals surface area contributed by atoms with Crippen molar-refractivity contribution < 1.29 is 14.4 Å². The molecule has 0 atom stereocenters. The lowest BCUT2D eigenvalue weighted by Crippen LogP contribution is -2.36. The third-order valence-electron chi connectivity index (χ3n) is 4.08. The molecule has 7 nitrogen and oxygen atoms in total. The van der Waals surface area contributed by atoms with Gasteiger partial charge < -0.3 is 21.7 Å². The molecule has 2 aromatic rings. The second-order valence-corrected chi connectivity index (χ2v) is 6.92. The van der Waals surface area contributed by atoms with Crippen LogP contribution in [0, 0.1) is 20.8 Å². The summed E-state index contributed by atoms with van der Waals surface area (Å²) in [6.45, 7) is 5.64. The fourth-order valence-corrected chi connectivity index (χ4v) is 3.08. The highest BCUT2D eigenvalue weighted by molar-refractivity contribution is 6.34. The van der Waals surface area contributed by atoms with E-state index in [9.17, 15) is 14.4 Å². The Balaban J connectivity index is 1.83. The van der Waals surface area contributed by atoms with E-state index in [0.29, 0.717) is 5.69 Å². The van der Waals surface area contributed by atoms with Crippen molar-refractivity contribution in [1.82, 2.24) is 5.32 Å². The van der Waals surface area contributed by atoms with E-state index in [-0.39, 0.29) is 35.5 Å². The van der Waals surface area contributed by atoms with E-state index in [0.717, 1.165) is 22.4 Å². The van der Waals surface area contributed by atoms with Crippen molar-refractivity contribution in [2.24, 2.45) is 5.73 Å². The number of benzene rings is 2. The van der Waals surface area contributed by atoms with E-state index in [1.54, 1.807) is 6.07 Å². The van der Waals surface area contributed by atoms with Crippen LogP contribution in [-0.4, -0.2) is 30.8 Å². The molecule has 2 rings (SSSR count). The van der Waals surface area contributed by atoms with Gasteiger partial charge in [0.05, 0.1) is 23.7 Å². The fourth-order valence-electron chi connectivity index (χ4n) is 2.81. The lowest BCUT2D eigenvalue weighted by Gasteiger charge is -2.13. The summed E-state index contributed by atoms with van der Waals surface area (Å²) < 4.78 is 0. The third-order valence-corrected chi connectivity index (χ3v) is 4.39. The predicted molar refractivity (Wildman–Crippen MR) is 111 cm³/mol. The van der Waals surface area contributed by atoms with E-state index < -0.39 is 5.91 Å². The minimum atomic E-state index is -0.626. The minimum absolute atomic E-state index is 0.0535. The number of aryl methyl sites for hydroxylation is 3. The molecule has 0 heterocycles. The van der Waals surface area contributed by atoms with Gasteiger partial charge in [-0.3, -0.25) is 14.4 Å². The Labute approximate surface area is 168 Å². The van der Waals surface area contributed by atoms with Crippen molar-refractivity contribution in [2.45, 2.75) is 20.8 Å². The maximum Gasteiger partial charge on any atom is 0.250 e. The molecule has 0 aliphatic rings. The van der Waals surface area contributed by atoms with Gasteiger partial charge in [-0.1, -0.05) is 29.3 Å². The molecule has 0 unspecified atom stereocenters. The van der Waals surface area contributed by atoms with Gasteiger partial charge in [0.1, 0.15) is 0 Å². The van der Waals surface area contributed by atoms with E-state index in [1.807, 2.05) is 32.9 Å². The summed E-state index contributed by atoms with van der Waals surface area (Å²) >= 11 is 5.96. The van der Waals surface area contributed by atoms with Gasteiger partial charge in [0.15, 0.2) is 0 Å². The highest BCUT2D eigenvalue weighted by Crippen LogP contribution is 2.22. The van der Waals surface area contributed by atoms with Crippen LogP contribution in [0.5, 0.6) is 0 Å². The normalized spacial score (nSPS) is 10.3. The number of amides is 3. The molecule has 8 heteroatoms. The molecule has 0 saturated heterocycles. The number of rotatable bonds is 7. The zero-order valence-corrected chi connectivity index (χ0v) is 16.7. The van der Waals surface area contributed by atoms with Gasteiger partial charge in [0, 0.05) is 11.4 Å². The van der Waals surface area contributed by atoms with E-state index in [1.165, 1.54) is 12.1 Å². The van der Waals surface area contributed by atoms with E-state index >= 15 is 0 Å². The molecule has 0 fully saturated rings. The number of carbonyl (C=O) groups excluding carboxylic acids is 3. The van der Waals surface area contributed by atoms with Gasteiger partial charge in [-0.2, -0.15) is 0 Å². The molecule has 0 aromatic heterocycles. The van der Waals surface area contributed by atoms with Gasteiger partial charge in [-0.25, -0.2) is 0 Å². The van der Waals surface area contributed by atoms with Crippen LogP contribution in [0.3, 0.4) is 0 Å². The van der Waals surface area contributed by atoms with Crippen LogP contribution in [0.15, 0.2) is 30.3 Å². The number of primary amides is 1. The molecule has 3 amide bonds. The topological polar surface area (TPSA) is 113 Å². The van der Waals surface area contributed by atoms with Crippen molar-refractivity contribution in [3.8, 4) is 0 Å². The van der Waals surface area contributed by atoms with Gasteiger partial charge in [0.2, 0.25) is 17.7 Å². The SMILES string of the molecule is Cc1cc(C)c(NC(=O)CNC(=O)CNc2ccc(C(N)=O)c(Cl)c2)c(C)c1. The number of nitrogens with two attached hydrogens (primary N) is 1. The summed E-state index contributed by atoms with van der Waals surface area (Å²) in [6.07, 6.45) is 0. The van der Waals surface area contributed by atoms with Gasteiger partial charge in [-0.15, -0.1) is 0 Å². The Hall–Kier alpha value is -3.06. The summed E-state index contributed by atoms with van der Waals surface area (Å²) in [6, 6.07) is 8.55. The summed E-state index contributed by atoms with van der Waals surface area (Å²) in [5.41, 5.74) is 9.76. The maximum absolute atomic E-state index is 12.1. The number of hydrogen-bond donors (Lipinski definition) is 4. The first kappa shape index (κ1) is 21.2. The fraction of sp³-hybridized carbons (Fsp3) is 0.250. The monoisotopic (exact) mass is 402 g/mol. The molecule has 28 heavy (non-hydrogen) atoms. The highest BCUT2D eigenvalue weighted by Gasteiger charge is 2.11. The van der Waals surface area contributed by atoms with Crippen LogP contribution in [0.25, 0.3) is 0 Å². The van der Waals surface area contributed by atoms with Gasteiger partial charge >= 0.3 is 0 Å². The Kier molecular flexibility index (Phi) is 7.00. The number of halogens is 1. The van der Waals surface area contributed by atoms with Crippen molar-refractivity contribution in [3.63, 3.8) is 0 Å². The molecule has 0 aliphatic heterocycles. The van der Waals surface area contributed by atoms with Crippen LogP contribution in [0.2, 0.25) is 5.02 Å². The standard InChI is InChI=1S/C20H23ClN4O3/c1-11-6-12(2)19(13(3)7-11)25-18(27)10-24-17(26)9-23-14-4-5-15(20(22)28)16(21)8-14/h4-8,23H,9-10H2,1-3H3,(H2,22,28)(H,24,26)(H,25,27). The molecule has 0 saturated carbocycles. The van der Waals surface area contributed by atoms with E-state index in [2.05, 4.69) is 16.0 Å². The number of carbonyl (C=O) groups is 3. The Morgan fingerprint density at radius 3 is 2.18 bits per heavy atom. The summed E-state index contributed by atoms with van der Waals surface area (Å²) in [5, 5.41) is 8.44. The second-order valence-electron chi connectivity index (χ2n) is 6.51. The van der Waals surface area contributed by atoms with Crippen LogP contribution in [0.4, 0.5) is 11.4 Å². The smallest absolute Gasteiger partial charge is 0.250 e. The van der Waals surface area contributed by atoms with E-state index in [4.69, 9.17) is 17.3 Å². The summed E-state index contributed by atoms with van der Waals surface area (Å²) in [4.78, 5) is 35.2. The first-order valence-electron chi connectivity index (χ1n) is 8.65. The van der Waals surface area contributed by atoms with Crippen LogP contribution in [-0.2, 0) is 9.59 Å².